The molecule has 1 rings (SSSR count). The molecule has 1 aromatic carbocycles. The minimum absolute atomic E-state index is 0.298. The van der Waals surface area contributed by atoms with E-state index in [1.165, 1.54) is 0 Å². The van der Waals surface area contributed by atoms with E-state index in [1.54, 1.807) is 0 Å². The molecule has 0 bridgehead atoms. The molecule has 0 fully saturated rings. The molecule has 0 saturated heterocycles. The van der Waals surface area contributed by atoms with Gasteiger partial charge in [-0.1, -0.05) is 6.92 Å². The molecule has 0 radical (unpaired) electrons. The SMILES string of the molecule is CCOc1ccc(OCC)c(C(C)CCC#N)c1. The molecule has 1 atom stereocenters. The third-order valence-electron chi connectivity index (χ3n) is 2.81. The summed E-state index contributed by atoms with van der Waals surface area (Å²) in [6.07, 6.45) is 1.40. The van der Waals surface area contributed by atoms with Crippen molar-refractivity contribution in [1.82, 2.24) is 0 Å². The lowest BCUT2D eigenvalue weighted by Gasteiger charge is -2.17. The first kappa shape index (κ1) is 14.4. The largest absolute Gasteiger partial charge is 0.494 e. The molecule has 3 nitrogen and oxygen atoms in total. The molecule has 0 spiro atoms. The summed E-state index contributed by atoms with van der Waals surface area (Å²) in [5.41, 5.74) is 1.12. The summed E-state index contributed by atoms with van der Waals surface area (Å²) in [4.78, 5) is 0. The van der Waals surface area contributed by atoms with E-state index < -0.39 is 0 Å². The van der Waals surface area contributed by atoms with E-state index in [2.05, 4.69) is 13.0 Å². The minimum Gasteiger partial charge on any atom is -0.494 e. The fourth-order valence-electron chi connectivity index (χ4n) is 1.89. The van der Waals surface area contributed by atoms with Crippen molar-refractivity contribution in [2.75, 3.05) is 13.2 Å². The van der Waals surface area contributed by atoms with Crippen LogP contribution < -0.4 is 9.47 Å². The van der Waals surface area contributed by atoms with E-state index in [9.17, 15) is 0 Å². The van der Waals surface area contributed by atoms with Gasteiger partial charge in [-0.2, -0.15) is 5.26 Å². The van der Waals surface area contributed by atoms with Crippen LogP contribution in [-0.4, -0.2) is 13.2 Å². The van der Waals surface area contributed by atoms with Crippen LogP contribution in [0.2, 0.25) is 0 Å². The molecule has 0 N–H and O–H groups in total. The standard InChI is InChI=1S/C15H21NO2/c1-4-17-13-8-9-15(18-5-2)14(11-13)12(3)7-6-10-16/h8-9,11-12H,4-7H2,1-3H3. The van der Waals surface area contributed by atoms with Crippen LogP contribution in [0.3, 0.4) is 0 Å². The number of hydrogen-bond donors (Lipinski definition) is 0. The Morgan fingerprint density at radius 1 is 1.22 bits per heavy atom. The molecule has 0 aliphatic rings. The van der Waals surface area contributed by atoms with Gasteiger partial charge in [0.2, 0.25) is 0 Å². The molecule has 0 aliphatic carbocycles. The third kappa shape index (κ3) is 3.96. The van der Waals surface area contributed by atoms with E-state index in [-0.39, 0.29) is 0 Å². The van der Waals surface area contributed by atoms with Crippen molar-refractivity contribution in [2.24, 2.45) is 0 Å². The van der Waals surface area contributed by atoms with Crippen LogP contribution in [0, 0.1) is 11.3 Å². The third-order valence-corrected chi connectivity index (χ3v) is 2.81. The molecule has 0 saturated carbocycles. The zero-order chi connectivity index (χ0) is 13.4. The number of ether oxygens (including phenoxy) is 2. The zero-order valence-corrected chi connectivity index (χ0v) is 11.4. The topological polar surface area (TPSA) is 42.2 Å². The highest BCUT2D eigenvalue weighted by molar-refractivity contribution is 5.42. The zero-order valence-electron chi connectivity index (χ0n) is 11.4. The Bertz CT molecular complexity index is 409. The van der Waals surface area contributed by atoms with Crippen molar-refractivity contribution in [3.8, 4) is 17.6 Å². The van der Waals surface area contributed by atoms with Gasteiger partial charge in [0.25, 0.3) is 0 Å². The second-order valence-corrected chi connectivity index (χ2v) is 4.16. The van der Waals surface area contributed by atoms with Crippen molar-refractivity contribution in [2.45, 2.75) is 39.5 Å². The van der Waals surface area contributed by atoms with Crippen LogP contribution in [0.25, 0.3) is 0 Å². The fraction of sp³-hybridized carbons (Fsp3) is 0.533. The Hall–Kier alpha value is -1.69. The predicted octanol–water partition coefficient (Wildman–Crippen LogP) is 3.89. The first-order valence-electron chi connectivity index (χ1n) is 6.49. The molecule has 1 unspecified atom stereocenters. The number of hydrogen-bond acceptors (Lipinski definition) is 3. The van der Waals surface area contributed by atoms with Crippen LogP contribution in [0.5, 0.6) is 11.5 Å². The van der Waals surface area contributed by atoms with Gasteiger partial charge in [0.1, 0.15) is 11.5 Å². The molecule has 98 valence electrons. The summed E-state index contributed by atoms with van der Waals surface area (Å²) >= 11 is 0. The van der Waals surface area contributed by atoms with Crippen LogP contribution in [0.4, 0.5) is 0 Å². The maximum atomic E-state index is 8.67. The summed E-state index contributed by atoms with van der Waals surface area (Å²) in [7, 11) is 0. The average molecular weight is 247 g/mol. The molecule has 3 heteroatoms. The molecule has 18 heavy (non-hydrogen) atoms. The van der Waals surface area contributed by atoms with Gasteiger partial charge in [0, 0.05) is 12.0 Å². The van der Waals surface area contributed by atoms with Crippen LogP contribution >= 0.6 is 0 Å². The maximum absolute atomic E-state index is 8.67. The fourth-order valence-corrected chi connectivity index (χ4v) is 1.89. The molecule has 0 aromatic heterocycles. The number of rotatable bonds is 7. The van der Waals surface area contributed by atoms with Crippen molar-refractivity contribution in [3.05, 3.63) is 23.8 Å². The Labute approximate surface area is 109 Å². The summed E-state index contributed by atoms with van der Waals surface area (Å²) < 4.78 is 11.1. The summed E-state index contributed by atoms with van der Waals surface area (Å²) in [6, 6.07) is 8.09. The molecular weight excluding hydrogens is 226 g/mol. The first-order chi connectivity index (χ1) is 8.72. The second-order valence-electron chi connectivity index (χ2n) is 4.16. The van der Waals surface area contributed by atoms with Gasteiger partial charge in [0.15, 0.2) is 0 Å². The molecule has 0 amide bonds. The van der Waals surface area contributed by atoms with E-state index in [1.807, 2.05) is 32.0 Å². The van der Waals surface area contributed by atoms with E-state index >= 15 is 0 Å². The Kier molecular flexibility index (Phi) is 6.07. The van der Waals surface area contributed by atoms with E-state index in [0.717, 1.165) is 23.5 Å². The number of nitriles is 1. The highest BCUT2D eigenvalue weighted by Crippen LogP contribution is 2.33. The normalized spacial score (nSPS) is 11.7. The summed E-state index contributed by atoms with van der Waals surface area (Å²) in [5.74, 6) is 2.05. The van der Waals surface area contributed by atoms with Gasteiger partial charge < -0.3 is 9.47 Å². The Morgan fingerprint density at radius 3 is 2.56 bits per heavy atom. The van der Waals surface area contributed by atoms with Crippen LogP contribution in [-0.2, 0) is 0 Å². The monoisotopic (exact) mass is 247 g/mol. The maximum Gasteiger partial charge on any atom is 0.123 e. The van der Waals surface area contributed by atoms with Crippen molar-refractivity contribution in [3.63, 3.8) is 0 Å². The van der Waals surface area contributed by atoms with Gasteiger partial charge in [-0.3, -0.25) is 0 Å². The predicted molar refractivity (Wildman–Crippen MR) is 72.0 cm³/mol. The highest BCUT2D eigenvalue weighted by atomic mass is 16.5. The van der Waals surface area contributed by atoms with Gasteiger partial charge in [-0.25, -0.2) is 0 Å². The molecule has 0 heterocycles. The van der Waals surface area contributed by atoms with Crippen molar-refractivity contribution < 1.29 is 9.47 Å². The average Bonchev–Trinajstić information content (AvgIpc) is 2.38. The number of benzene rings is 1. The van der Waals surface area contributed by atoms with Gasteiger partial charge in [0.05, 0.1) is 19.3 Å². The first-order valence-corrected chi connectivity index (χ1v) is 6.49. The summed E-state index contributed by atoms with van der Waals surface area (Å²) in [5, 5.41) is 8.67. The van der Waals surface area contributed by atoms with E-state index in [4.69, 9.17) is 14.7 Å². The molecule has 1 aromatic rings. The summed E-state index contributed by atoms with van der Waals surface area (Å²) in [6.45, 7) is 7.35. The molecular formula is C15H21NO2. The number of nitrogens with zero attached hydrogens (tertiary/aromatic N) is 1. The van der Waals surface area contributed by atoms with E-state index in [0.29, 0.717) is 25.6 Å². The van der Waals surface area contributed by atoms with Gasteiger partial charge in [-0.15, -0.1) is 0 Å². The van der Waals surface area contributed by atoms with Crippen LogP contribution in [0.15, 0.2) is 18.2 Å². The van der Waals surface area contributed by atoms with Crippen LogP contribution in [0.1, 0.15) is 45.1 Å². The van der Waals surface area contributed by atoms with Crippen molar-refractivity contribution in [1.29, 1.82) is 5.26 Å². The Balaban J connectivity index is 2.94. The highest BCUT2D eigenvalue weighted by Gasteiger charge is 2.13. The van der Waals surface area contributed by atoms with Gasteiger partial charge in [-0.05, 0) is 44.4 Å². The Morgan fingerprint density at radius 2 is 1.94 bits per heavy atom. The van der Waals surface area contributed by atoms with Crippen molar-refractivity contribution >= 4 is 0 Å². The lowest BCUT2D eigenvalue weighted by Crippen LogP contribution is -2.02. The molecule has 0 aliphatic heterocycles. The van der Waals surface area contributed by atoms with Gasteiger partial charge >= 0.3 is 0 Å². The lowest BCUT2D eigenvalue weighted by molar-refractivity contribution is 0.325. The minimum atomic E-state index is 0.298. The lowest BCUT2D eigenvalue weighted by atomic mass is 9.95. The smallest absolute Gasteiger partial charge is 0.123 e. The second kappa shape index (κ2) is 7.60. The quantitative estimate of drug-likeness (QED) is 0.734.